The quantitative estimate of drug-likeness (QED) is 0.647. The smallest absolute Gasteiger partial charge is 0.272 e. The summed E-state index contributed by atoms with van der Waals surface area (Å²) in [5.41, 5.74) is 1.77. The minimum atomic E-state index is -0.349. The summed E-state index contributed by atoms with van der Waals surface area (Å²) >= 11 is 0. The standard InChI is InChI=1S/C15H16N2O3/c1-20-15-9-5-3-7-13(15)16-11-10-12-6-2-4-8-14(12)17(18)19/h2-9,16H,10-11H2,1H3. The Morgan fingerprint density at radius 1 is 1.15 bits per heavy atom. The van der Waals surface area contributed by atoms with Crippen molar-refractivity contribution in [1.29, 1.82) is 0 Å². The highest BCUT2D eigenvalue weighted by Crippen LogP contribution is 2.23. The first-order valence-electron chi connectivity index (χ1n) is 6.31. The van der Waals surface area contributed by atoms with Crippen molar-refractivity contribution >= 4 is 11.4 Å². The Kier molecular flexibility index (Phi) is 4.55. The van der Waals surface area contributed by atoms with E-state index in [4.69, 9.17) is 4.74 Å². The van der Waals surface area contributed by atoms with Crippen LogP contribution in [0.4, 0.5) is 11.4 Å². The van der Waals surface area contributed by atoms with Crippen molar-refractivity contribution in [2.24, 2.45) is 0 Å². The molecule has 0 aliphatic carbocycles. The van der Waals surface area contributed by atoms with Gasteiger partial charge in [-0.3, -0.25) is 10.1 Å². The van der Waals surface area contributed by atoms with E-state index in [9.17, 15) is 10.1 Å². The highest BCUT2D eigenvalue weighted by atomic mass is 16.6. The molecule has 2 aromatic carbocycles. The second kappa shape index (κ2) is 6.56. The zero-order valence-corrected chi connectivity index (χ0v) is 11.2. The SMILES string of the molecule is COc1ccccc1NCCc1ccccc1[N+](=O)[O-]. The molecule has 0 amide bonds. The van der Waals surface area contributed by atoms with Crippen molar-refractivity contribution in [3.63, 3.8) is 0 Å². The van der Waals surface area contributed by atoms with Gasteiger partial charge >= 0.3 is 0 Å². The largest absolute Gasteiger partial charge is 0.495 e. The maximum atomic E-state index is 10.9. The third-order valence-corrected chi connectivity index (χ3v) is 3.01. The highest BCUT2D eigenvalue weighted by Gasteiger charge is 2.11. The van der Waals surface area contributed by atoms with Crippen LogP contribution in [0, 0.1) is 10.1 Å². The molecule has 0 atom stereocenters. The molecule has 1 N–H and O–H groups in total. The Morgan fingerprint density at radius 3 is 2.60 bits per heavy atom. The summed E-state index contributed by atoms with van der Waals surface area (Å²) in [7, 11) is 1.61. The summed E-state index contributed by atoms with van der Waals surface area (Å²) in [5, 5.41) is 14.2. The number of nitro benzene ring substituents is 1. The third-order valence-electron chi connectivity index (χ3n) is 3.01. The summed E-state index contributed by atoms with van der Waals surface area (Å²) in [4.78, 5) is 10.6. The van der Waals surface area contributed by atoms with E-state index in [-0.39, 0.29) is 10.6 Å². The molecule has 2 aromatic rings. The topological polar surface area (TPSA) is 64.4 Å². The number of benzene rings is 2. The van der Waals surface area contributed by atoms with Crippen LogP contribution in [-0.4, -0.2) is 18.6 Å². The van der Waals surface area contributed by atoms with E-state index in [1.165, 1.54) is 6.07 Å². The first kappa shape index (κ1) is 13.9. The number of nitro groups is 1. The van der Waals surface area contributed by atoms with Crippen LogP contribution < -0.4 is 10.1 Å². The van der Waals surface area contributed by atoms with Gasteiger partial charge in [0.05, 0.1) is 17.7 Å². The number of rotatable bonds is 6. The number of nitrogens with one attached hydrogen (secondary N) is 1. The van der Waals surface area contributed by atoms with Crippen molar-refractivity contribution in [3.8, 4) is 5.75 Å². The average Bonchev–Trinajstić information content (AvgIpc) is 2.48. The number of anilines is 1. The molecule has 20 heavy (non-hydrogen) atoms. The second-order valence-corrected chi connectivity index (χ2v) is 4.26. The molecule has 0 unspecified atom stereocenters. The molecule has 0 aliphatic rings. The maximum Gasteiger partial charge on any atom is 0.272 e. The van der Waals surface area contributed by atoms with Gasteiger partial charge < -0.3 is 10.1 Å². The molecular formula is C15H16N2O3. The molecule has 0 bridgehead atoms. The van der Waals surface area contributed by atoms with Gasteiger partial charge in [-0.05, 0) is 18.6 Å². The third kappa shape index (κ3) is 3.26. The number of methoxy groups -OCH3 is 1. The fraction of sp³-hybridized carbons (Fsp3) is 0.200. The summed E-state index contributed by atoms with van der Waals surface area (Å²) in [6.07, 6.45) is 0.579. The minimum Gasteiger partial charge on any atom is -0.495 e. The van der Waals surface area contributed by atoms with Crippen molar-refractivity contribution in [2.75, 3.05) is 19.0 Å². The number of ether oxygens (including phenoxy) is 1. The molecule has 0 saturated heterocycles. The van der Waals surface area contributed by atoms with Crippen molar-refractivity contribution in [3.05, 3.63) is 64.2 Å². The van der Waals surface area contributed by atoms with E-state index in [2.05, 4.69) is 5.32 Å². The minimum absolute atomic E-state index is 0.161. The lowest BCUT2D eigenvalue weighted by Gasteiger charge is -2.10. The van der Waals surface area contributed by atoms with Crippen LogP contribution in [0.15, 0.2) is 48.5 Å². The first-order valence-corrected chi connectivity index (χ1v) is 6.31. The molecular weight excluding hydrogens is 256 g/mol. The van der Waals surface area contributed by atoms with E-state index in [0.29, 0.717) is 13.0 Å². The molecule has 0 heterocycles. The lowest BCUT2D eigenvalue weighted by atomic mass is 10.1. The van der Waals surface area contributed by atoms with E-state index < -0.39 is 0 Å². The molecule has 0 spiro atoms. The summed E-state index contributed by atoms with van der Waals surface area (Å²) in [6.45, 7) is 0.602. The molecule has 2 rings (SSSR count). The highest BCUT2D eigenvalue weighted by molar-refractivity contribution is 5.56. The van der Waals surface area contributed by atoms with E-state index >= 15 is 0 Å². The van der Waals surface area contributed by atoms with Gasteiger partial charge in [0.2, 0.25) is 0 Å². The number of hydrogen-bond acceptors (Lipinski definition) is 4. The Labute approximate surface area is 117 Å². The zero-order chi connectivity index (χ0) is 14.4. The van der Waals surface area contributed by atoms with Gasteiger partial charge in [-0.2, -0.15) is 0 Å². The van der Waals surface area contributed by atoms with Gasteiger partial charge in [0.15, 0.2) is 0 Å². The molecule has 104 valence electrons. The van der Waals surface area contributed by atoms with Gasteiger partial charge in [-0.1, -0.05) is 30.3 Å². The van der Waals surface area contributed by atoms with E-state index in [1.807, 2.05) is 30.3 Å². The lowest BCUT2D eigenvalue weighted by Crippen LogP contribution is -2.07. The molecule has 0 fully saturated rings. The Hall–Kier alpha value is -2.56. The van der Waals surface area contributed by atoms with Gasteiger partial charge in [0, 0.05) is 18.2 Å². The lowest BCUT2D eigenvalue weighted by molar-refractivity contribution is -0.385. The maximum absolute atomic E-state index is 10.9. The Bertz CT molecular complexity index is 599. The molecule has 5 nitrogen and oxygen atoms in total. The first-order chi connectivity index (χ1) is 9.72. The van der Waals surface area contributed by atoms with Crippen molar-refractivity contribution < 1.29 is 9.66 Å². The molecule has 5 heteroatoms. The monoisotopic (exact) mass is 272 g/mol. The van der Waals surface area contributed by atoms with E-state index in [0.717, 1.165) is 17.0 Å². The number of para-hydroxylation sites is 3. The van der Waals surface area contributed by atoms with Crippen LogP contribution in [0.25, 0.3) is 0 Å². The molecule has 0 radical (unpaired) electrons. The summed E-state index contributed by atoms with van der Waals surface area (Å²) in [5.74, 6) is 0.759. The fourth-order valence-electron chi connectivity index (χ4n) is 2.02. The second-order valence-electron chi connectivity index (χ2n) is 4.26. The summed E-state index contributed by atoms with van der Waals surface area (Å²) in [6, 6.07) is 14.4. The van der Waals surface area contributed by atoms with Crippen LogP contribution in [0.2, 0.25) is 0 Å². The van der Waals surface area contributed by atoms with Crippen LogP contribution in [0.3, 0.4) is 0 Å². The molecule has 0 aliphatic heterocycles. The van der Waals surface area contributed by atoms with E-state index in [1.54, 1.807) is 19.2 Å². The van der Waals surface area contributed by atoms with Crippen LogP contribution in [-0.2, 0) is 6.42 Å². The predicted octanol–water partition coefficient (Wildman–Crippen LogP) is 3.26. The zero-order valence-electron chi connectivity index (χ0n) is 11.2. The molecule has 0 saturated carbocycles. The summed E-state index contributed by atoms with van der Waals surface area (Å²) < 4.78 is 5.24. The fourth-order valence-corrected chi connectivity index (χ4v) is 2.02. The van der Waals surface area contributed by atoms with Crippen molar-refractivity contribution in [1.82, 2.24) is 0 Å². The van der Waals surface area contributed by atoms with Gasteiger partial charge in [-0.25, -0.2) is 0 Å². The van der Waals surface area contributed by atoms with Crippen LogP contribution >= 0.6 is 0 Å². The van der Waals surface area contributed by atoms with Crippen LogP contribution in [0.1, 0.15) is 5.56 Å². The Morgan fingerprint density at radius 2 is 1.85 bits per heavy atom. The Balaban J connectivity index is 2.01. The predicted molar refractivity (Wildman–Crippen MR) is 78.3 cm³/mol. The average molecular weight is 272 g/mol. The number of hydrogen-bond donors (Lipinski definition) is 1. The van der Waals surface area contributed by atoms with Gasteiger partial charge in [-0.15, -0.1) is 0 Å². The van der Waals surface area contributed by atoms with Crippen LogP contribution in [0.5, 0.6) is 5.75 Å². The number of nitrogens with zero attached hydrogens (tertiary/aromatic N) is 1. The molecule has 0 aromatic heterocycles. The van der Waals surface area contributed by atoms with Crippen molar-refractivity contribution in [2.45, 2.75) is 6.42 Å². The van der Waals surface area contributed by atoms with Gasteiger partial charge in [0.1, 0.15) is 5.75 Å². The van der Waals surface area contributed by atoms with Gasteiger partial charge in [0.25, 0.3) is 5.69 Å². The normalized spacial score (nSPS) is 10.1.